The first-order chi connectivity index (χ1) is 9.62. The summed E-state index contributed by atoms with van der Waals surface area (Å²) in [5, 5.41) is 0.0993. The Labute approximate surface area is 123 Å². The van der Waals surface area contributed by atoms with Crippen LogP contribution in [0.1, 0.15) is 44.9 Å². The topological polar surface area (TPSA) is 9.23 Å². The van der Waals surface area contributed by atoms with Gasteiger partial charge in [-0.2, -0.15) is 0 Å². The molecule has 1 aromatic rings. The lowest BCUT2D eigenvalue weighted by atomic mass is 9.61. The second-order valence-corrected chi connectivity index (χ2v) is 6.56. The van der Waals surface area contributed by atoms with Crippen molar-refractivity contribution in [3.63, 3.8) is 0 Å². The Morgan fingerprint density at radius 3 is 2.45 bits per heavy atom. The lowest BCUT2D eigenvalue weighted by Crippen LogP contribution is -2.57. The molecule has 3 rings (SSSR count). The van der Waals surface area contributed by atoms with Gasteiger partial charge in [0.2, 0.25) is 0 Å². The third-order valence-electron chi connectivity index (χ3n) is 4.88. The van der Waals surface area contributed by atoms with E-state index in [0.717, 1.165) is 50.3 Å². The molecular formula is C16H19ClF2O. The van der Waals surface area contributed by atoms with Gasteiger partial charge in [-0.3, -0.25) is 0 Å². The normalized spacial score (nSPS) is 28.8. The summed E-state index contributed by atoms with van der Waals surface area (Å²) in [4.78, 5) is 0. The van der Waals surface area contributed by atoms with Crippen molar-refractivity contribution in [1.82, 2.24) is 0 Å². The number of alkyl halides is 1. The van der Waals surface area contributed by atoms with Gasteiger partial charge in [-0.25, -0.2) is 8.78 Å². The molecule has 0 saturated heterocycles. The second kappa shape index (κ2) is 5.51. The first-order valence-corrected chi connectivity index (χ1v) is 7.81. The van der Waals surface area contributed by atoms with Crippen molar-refractivity contribution in [3.05, 3.63) is 29.8 Å². The highest BCUT2D eigenvalue weighted by molar-refractivity contribution is 6.21. The number of rotatable bonds is 2. The zero-order chi connectivity index (χ0) is 14.2. The molecule has 2 aliphatic rings. The molecule has 0 amide bonds. The van der Waals surface area contributed by atoms with E-state index in [0.29, 0.717) is 0 Å². The average molecular weight is 301 g/mol. The molecule has 1 nitrogen and oxygen atoms in total. The summed E-state index contributed by atoms with van der Waals surface area (Å²) in [7, 11) is 0. The molecule has 0 radical (unpaired) electrons. The third-order valence-corrected chi connectivity index (χ3v) is 5.50. The van der Waals surface area contributed by atoms with E-state index in [1.165, 1.54) is 12.8 Å². The molecule has 1 spiro atoms. The van der Waals surface area contributed by atoms with Gasteiger partial charge in [0.15, 0.2) is 11.6 Å². The molecule has 2 saturated carbocycles. The van der Waals surface area contributed by atoms with Crippen LogP contribution in [0.3, 0.4) is 0 Å². The number of hydrogen-bond acceptors (Lipinski definition) is 1. The van der Waals surface area contributed by atoms with Crippen LogP contribution in [0, 0.1) is 17.0 Å². The Bertz CT molecular complexity index is 483. The maximum absolute atomic E-state index is 13.7. The highest BCUT2D eigenvalue weighted by atomic mass is 35.5. The zero-order valence-corrected chi connectivity index (χ0v) is 12.1. The molecule has 0 aromatic heterocycles. The van der Waals surface area contributed by atoms with Crippen molar-refractivity contribution in [2.75, 3.05) is 0 Å². The van der Waals surface area contributed by atoms with Crippen LogP contribution in [0.15, 0.2) is 18.2 Å². The van der Waals surface area contributed by atoms with Gasteiger partial charge in [0.1, 0.15) is 11.9 Å². The molecule has 0 aliphatic heterocycles. The van der Waals surface area contributed by atoms with Gasteiger partial charge < -0.3 is 4.74 Å². The van der Waals surface area contributed by atoms with Crippen LogP contribution in [0.2, 0.25) is 0 Å². The van der Waals surface area contributed by atoms with Crippen LogP contribution in [0.25, 0.3) is 0 Å². The fourth-order valence-corrected chi connectivity index (χ4v) is 4.13. The first-order valence-electron chi connectivity index (χ1n) is 7.37. The molecule has 0 bridgehead atoms. The molecule has 0 N–H and O–H groups in total. The predicted molar refractivity (Wildman–Crippen MR) is 75.2 cm³/mol. The summed E-state index contributed by atoms with van der Waals surface area (Å²) in [5.41, 5.74) is -0.0448. The van der Waals surface area contributed by atoms with Crippen LogP contribution < -0.4 is 4.74 Å². The molecule has 20 heavy (non-hydrogen) atoms. The molecule has 2 aliphatic carbocycles. The molecule has 2 atom stereocenters. The lowest BCUT2D eigenvalue weighted by Gasteiger charge is -2.53. The Hall–Kier alpha value is -0.830. The highest BCUT2D eigenvalue weighted by Crippen LogP contribution is 2.55. The Balaban J connectivity index is 1.78. The Morgan fingerprint density at radius 2 is 1.80 bits per heavy atom. The van der Waals surface area contributed by atoms with E-state index in [4.69, 9.17) is 16.3 Å². The first kappa shape index (κ1) is 14.1. The van der Waals surface area contributed by atoms with Gasteiger partial charge in [0.05, 0.1) is 0 Å². The minimum absolute atomic E-state index is 0.0159. The van der Waals surface area contributed by atoms with Gasteiger partial charge in [0, 0.05) is 23.3 Å². The van der Waals surface area contributed by atoms with Gasteiger partial charge in [-0.05, 0) is 25.0 Å². The Kier molecular flexibility index (Phi) is 3.89. The number of halogens is 3. The lowest BCUT2D eigenvalue weighted by molar-refractivity contribution is -0.0531. The number of ether oxygens (including phenoxy) is 1. The van der Waals surface area contributed by atoms with Gasteiger partial charge in [-0.1, -0.05) is 25.7 Å². The van der Waals surface area contributed by atoms with Crippen molar-refractivity contribution in [2.45, 2.75) is 56.4 Å². The van der Waals surface area contributed by atoms with Crippen molar-refractivity contribution < 1.29 is 13.5 Å². The minimum atomic E-state index is -0.506. The van der Waals surface area contributed by atoms with Crippen LogP contribution in [0.5, 0.6) is 5.75 Å². The fourth-order valence-electron chi connectivity index (χ4n) is 3.61. The van der Waals surface area contributed by atoms with Crippen molar-refractivity contribution >= 4 is 11.6 Å². The zero-order valence-electron chi connectivity index (χ0n) is 11.4. The van der Waals surface area contributed by atoms with Crippen LogP contribution in [0.4, 0.5) is 8.78 Å². The number of hydrogen-bond donors (Lipinski definition) is 0. The molecular weight excluding hydrogens is 282 g/mol. The standard InChI is InChI=1S/C16H19ClF2O/c17-14-10-15(16(14)7-3-1-2-4-8-16)20-13-9-11(18)5-6-12(13)19/h5-6,9,14-15H,1-4,7-8,10H2. The molecule has 1 aromatic carbocycles. The van der Waals surface area contributed by atoms with E-state index >= 15 is 0 Å². The second-order valence-electron chi connectivity index (χ2n) is 6.03. The van der Waals surface area contributed by atoms with E-state index < -0.39 is 11.6 Å². The van der Waals surface area contributed by atoms with Crippen LogP contribution >= 0.6 is 11.6 Å². The summed E-state index contributed by atoms with van der Waals surface area (Å²) < 4.78 is 32.7. The average Bonchev–Trinajstić information content (AvgIpc) is 2.70. The molecule has 110 valence electrons. The fraction of sp³-hybridized carbons (Fsp3) is 0.625. The van der Waals surface area contributed by atoms with E-state index in [1.54, 1.807) is 0 Å². The van der Waals surface area contributed by atoms with Crippen molar-refractivity contribution in [2.24, 2.45) is 5.41 Å². The largest absolute Gasteiger partial charge is 0.487 e. The SMILES string of the molecule is Fc1ccc(F)c(OC2CC(Cl)C23CCCCCC3)c1. The summed E-state index contributed by atoms with van der Waals surface area (Å²) in [6, 6.07) is 3.34. The predicted octanol–water partition coefficient (Wildman–Crippen LogP) is 5.06. The minimum Gasteiger partial charge on any atom is -0.487 e. The van der Waals surface area contributed by atoms with E-state index in [9.17, 15) is 8.78 Å². The van der Waals surface area contributed by atoms with E-state index in [1.807, 2.05) is 0 Å². The van der Waals surface area contributed by atoms with E-state index in [2.05, 4.69) is 0 Å². The maximum Gasteiger partial charge on any atom is 0.165 e. The molecule has 4 heteroatoms. The van der Waals surface area contributed by atoms with Gasteiger partial charge in [0.25, 0.3) is 0 Å². The van der Waals surface area contributed by atoms with E-state index in [-0.39, 0.29) is 22.6 Å². The smallest absolute Gasteiger partial charge is 0.165 e. The van der Waals surface area contributed by atoms with Gasteiger partial charge in [-0.15, -0.1) is 11.6 Å². The monoisotopic (exact) mass is 300 g/mol. The molecule has 2 fully saturated rings. The Morgan fingerprint density at radius 1 is 1.10 bits per heavy atom. The summed E-state index contributed by atoms with van der Waals surface area (Å²) in [5.74, 6) is -0.964. The molecule has 0 heterocycles. The number of benzene rings is 1. The summed E-state index contributed by atoms with van der Waals surface area (Å²) in [6.45, 7) is 0. The highest BCUT2D eigenvalue weighted by Gasteiger charge is 2.55. The quantitative estimate of drug-likeness (QED) is 0.693. The summed E-state index contributed by atoms with van der Waals surface area (Å²) in [6.07, 6.45) is 7.45. The van der Waals surface area contributed by atoms with Crippen molar-refractivity contribution in [3.8, 4) is 5.75 Å². The maximum atomic E-state index is 13.7. The van der Waals surface area contributed by atoms with Gasteiger partial charge >= 0.3 is 0 Å². The van der Waals surface area contributed by atoms with Crippen LogP contribution in [-0.2, 0) is 0 Å². The summed E-state index contributed by atoms with van der Waals surface area (Å²) >= 11 is 6.44. The van der Waals surface area contributed by atoms with Crippen molar-refractivity contribution in [1.29, 1.82) is 0 Å². The van der Waals surface area contributed by atoms with Crippen LogP contribution in [-0.4, -0.2) is 11.5 Å². The molecule has 2 unspecified atom stereocenters. The third kappa shape index (κ3) is 2.41.